The van der Waals surface area contributed by atoms with Gasteiger partial charge in [0.25, 0.3) is 0 Å². The first-order valence-corrected chi connectivity index (χ1v) is 13.5. The minimum absolute atomic E-state index is 0.174. The van der Waals surface area contributed by atoms with Gasteiger partial charge in [0.15, 0.2) is 0 Å². The van der Waals surface area contributed by atoms with E-state index in [1.807, 2.05) is 54.6 Å². The third kappa shape index (κ3) is 2.32. The number of aliphatic hydroxyl groups excluding tert-OH is 1. The summed E-state index contributed by atoms with van der Waals surface area (Å²) in [6, 6.07) is 34.7. The standard InChI is InChI=1S/C35H23NO3/c37-18-35-25-10-3-1-8-22(25)30(23-9-2-4-11-26(23)35)31-32(35)34(39)36(33(31)38)27-17-15-21-13-12-19-6-5-7-20-14-16-24(27)29(21)28(19)20/h1-17,30-32,37H,18H2. The molecular weight excluding hydrogens is 482 g/mol. The van der Waals surface area contributed by atoms with Crippen molar-refractivity contribution in [1.82, 2.24) is 0 Å². The lowest BCUT2D eigenvalue weighted by Gasteiger charge is -2.53. The number of aliphatic hydroxyl groups is 1. The molecule has 39 heavy (non-hydrogen) atoms. The highest BCUT2D eigenvalue weighted by Gasteiger charge is 2.68. The average molecular weight is 506 g/mol. The fraction of sp³-hybridized carbons (Fsp3) is 0.143. The van der Waals surface area contributed by atoms with Gasteiger partial charge in [0.1, 0.15) is 0 Å². The third-order valence-electron chi connectivity index (χ3n) is 9.79. The van der Waals surface area contributed by atoms with Gasteiger partial charge in [0.05, 0.1) is 29.5 Å². The van der Waals surface area contributed by atoms with Crippen LogP contribution in [0.4, 0.5) is 5.69 Å². The fourth-order valence-electron chi connectivity index (χ4n) is 8.35. The maximum atomic E-state index is 14.6. The van der Waals surface area contributed by atoms with E-state index >= 15 is 0 Å². The van der Waals surface area contributed by atoms with Crippen LogP contribution < -0.4 is 4.90 Å². The molecule has 6 aromatic rings. The van der Waals surface area contributed by atoms with E-state index in [0.717, 1.165) is 54.6 Å². The Morgan fingerprint density at radius 3 is 1.90 bits per heavy atom. The van der Waals surface area contributed by atoms with Crippen molar-refractivity contribution < 1.29 is 14.7 Å². The Hall–Kier alpha value is -4.54. The maximum Gasteiger partial charge on any atom is 0.239 e. The number of hydrogen-bond donors (Lipinski definition) is 1. The molecule has 0 aromatic heterocycles. The molecule has 1 aliphatic heterocycles. The van der Waals surface area contributed by atoms with E-state index in [1.54, 1.807) is 0 Å². The molecule has 6 aromatic carbocycles. The highest BCUT2D eigenvalue weighted by Crippen LogP contribution is 2.64. The van der Waals surface area contributed by atoms with Gasteiger partial charge in [-0.25, -0.2) is 4.90 Å². The lowest BCUT2D eigenvalue weighted by molar-refractivity contribution is -0.124. The molecule has 2 amide bonds. The third-order valence-corrected chi connectivity index (χ3v) is 9.79. The van der Waals surface area contributed by atoms with Gasteiger partial charge in [-0.3, -0.25) is 9.59 Å². The van der Waals surface area contributed by atoms with Crippen LogP contribution in [0.3, 0.4) is 0 Å². The second kappa shape index (κ2) is 7.10. The monoisotopic (exact) mass is 505 g/mol. The molecule has 1 heterocycles. The molecule has 2 unspecified atom stereocenters. The normalized spacial score (nSPS) is 25.1. The van der Waals surface area contributed by atoms with Crippen LogP contribution in [-0.2, 0) is 15.0 Å². The summed E-state index contributed by atoms with van der Waals surface area (Å²) in [5.74, 6) is -1.84. The quantitative estimate of drug-likeness (QED) is 0.228. The molecule has 1 saturated heterocycles. The number of nitrogens with zero attached hydrogens (tertiary/aromatic N) is 1. The number of anilines is 1. The second-order valence-electron chi connectivity index (χ2n) is 11.2. The Morgan fingerprint density at radius 1 is 0.641 bits per heavy atom. The van der Waals surface area contributed by atoms with E-state index in [1.165, 1.54) is 4.90 Å². The number of rotatable bonds is 2. The summed E-state index contributed by atoms with van der Waals surface area (Å²) >= 11 is 0. The highest BCUT2D eigenvalue weighted by atomic mass is 16.3. The van der Waals surface area contributed by atoms with Gasteiger partial charge in [-0.15, -0.1) is 0 Å². The van der Waals surface area contributed by atoms with Crippen LogP contribution in [-0.4, -0.2) is 23.5 Å². The van der Waals surface area contributed by atoms with Crippen molar-refractivity contribution in [3.8, 4) is 0 Å². The Bertz CT molecular complexity index is 1980. The summed E-state index contributed by atoms with van der Waals surface area (Å²) in [6.07, 6.45) is 0. The van der Waals surface area contributed by atoms with E-state index in [9.17, 15) is 14.7 Å². The molecule has 1 N–H and O–H groups in total. The molecule has 0 spiro atoms. The Kier molecular flexibility index (Phi) is 3.90. The van der Waals surface area contributed by atoms with Gasteiger partial charge in [0, 0.05) is 11.3 Å². The van der Waals surface area contributed by atoms with Crippen LogP contribution in [0.5, 0.6) is 0 Å². The van der Waals surface area contributed by atoms with Crippen molar-refractivity contribution >= 4 is 49.8 Å². The molecule has 186 valence electrons. The van der Waals surface area contributed by atoms with Crippen LogP contribution in [0.1, 0.15) is 28.2 Å². The van der Waals surface area contributed by atoms with Crippen LogP contribution in [0.2, 0.25) is 0 Å². The summed E-state index contributed by atoms with van der Waals surface area (Å²) in [6.45, 7) is -0.236. The van der Waals surface area contributed by atoms with E-state index in [2.05, 4.69) is 48.5 Å². The molecule has 10 rings (SSSR count). The van der Waals surface area contributed by atoms with Crippen molar-refractivity contribution in [1.29, 1.82) is 0 Å². The van der Waals surface area contributed by atoms with Gasteiger partial charge in [0.2, 0.25) is 11.8 Å². The summed E-state index contributed by atoms with van der Waals surface area (Å²) in [5, 5.41) is 17.6. The SMILES string of the molecule is O=C1C2C3c4ccccc4C(CO)(c4ccccc43)C2C(=O)N1c1ccc2ccc3cccc4ccc1c2c34. The Labute approximate surface area is 224 Å². The molecule has 2 bridgehead atoms. The van der Waals surface area contributed by atoms with Crippen molar-refractivity contribution in [3.63, 3.8) is 0 Å². The topological polar surface area (TPSA) is 57.6 Å². The van der Waals surface area contributed by atoms with Gasteiger partial charge >= 0.3 is 0 Å². The summed E-state index contributed by atoms with van der Waals surface area (Å²) in [5.41, 5.74) is 3.70. The van der Waals surface area contributed by atoms with Crippen LogP contribution >= 0.6 is 0 Å². The predicted octanol–water partition coefficient (Wildman–Crippen LogP) is 6.13. The zero-order valence-electron chi connectivity index (χ0n) is 21.0. The summed E-state index contributed by atoms with van der Waals surface area (Å²) in [7, 11) is 0. The molecular formula is C35H23NO3. The van der Waals surface area contributed by atoms with Crippen molar-refractivity contribution in [2.75, 3.05) is 11.5 Å². The number of amides is 2. The first-order chi connectivity index (χ1) is 19.1. The predicted molar refractivity (Wildman–Crippen MR) is 152 cm³/mol. The molecule has 2 atom stereocenters. The van der Waals surface area contributed by atoms with E-state index < -0.39 is 17.3 Å². The molecule has 0 saturated carbocycles. The van der Waals surface area contributed by atoms with Crippen molar-refractivity contribution in [3.05, 3.63) is 125 Å². The van der Waals surface area contributed by atoms with Crippen LogP contribution in [0.25, 0.3) is 32.3 Å². The van der Waals surface area contributed by atoms with Crippen LogP contribution in [0, 0.1) is 11.8 Å². The fourth-order valence-corrected chi connectivity index (χ4v) is 8.35. The number of hydrogen-bond acceptors (Lipinski definition) is 3. The number of imide groups is 1. The van der Waals surface area contributed by atoms with Gasteiger partial charge < -0.3 is 5.11 Å². The first kappa shape index (κ1) is 21.4. The molecule has 0 radical (unpaired) electrons. The maximum absolute atomic E-state index is 14.6. The van der Waals surface area contributed by atoms with Gasteiger partial charge in [-0.2, -0.15) is 0 Å². The molecule has 1 fully saturated rings. The molecule has 4 heteroatoms. The number of benzene rings is 6. The smallest absolute Gasteiger partial charge is 0.239 e. The number of carbonyl (C=O) groups excluding carboxylic acids is 2. The first-order valence-electron chi connectivity index (χ1n) is 13.5. The Morgan fingerprint density at radius 2 is 1.23 bits per heavy atom. The summed E-state index contributed by atoms with van der Waals surface area (Å²) in [4.78, 5) is 30.5. The molecule has 4 nitrogen and oxygen atoms in total. The van der Waals surface area contributed by atoms with E-state index in [-0.39, 0.29) is 24.3 Å². The largest absolute Gasteiger partial charge is 0.395 e. The zero-order valence-corrected chi connectivity index (χ0v) is 21.0. The van der Waals surface area contributed by atoms with Crippen molar-refractivity contribution in [2.24, 2.45) is 11.8 Å². The lowest BCUT2D eigenvalue weighted by atomic mass is 9.47. The molecule has 3 aliphatic carbocycles. The van der Waals surface area contributed by atoms with Gasteiger partial charge in [-0.05, 0) is 55.3 Å². The summed E-state index contributed by atoms with van der Waals surface area (Å²) < 4.78 is 0. The average Bonchev–Trinajstić information content (AvgIpc) is 3.26. The highest BCUT2D eigenvalue weighted by molar-refractivity contribution is 6.31. The minimum Gasteiger partial charge on any atom is -0.395 e. The van der Waals surface area contributed by atoms with Crippen LogP contribution in [0.15, 0.2) is 103 Å². The van der Waals surface area contributed by atoms with E-state index in [0.29, 0.717) is 5.69 Å². The zero-order chi connectivity index (χ0) is 26.0. The number of carbonyl (C=O) groups is 2. The van der Waals surface area contributed by atoms with E-state index in [4.69, 9.17) is 0 Å². The molecule has 4 aliphatic rings. The minimum atomic E-state index is -0.960. The Balaban J connectivity index is 1.32. The lowest BCUT2D eigenvalue weighted by Crippen LogP contribution is -2.55. The van der Waals surface area contributed by atoms with Crippen molar-refractivity contribution in [2.45, 2.75) is 11.3 Å². The second-order valence-corrected chi connectivity index (χ2v) is 11.2. The van der Waals surface area contributed by atoms with Gasteiger partial charge in [-0.1, -0.05) is 97.1 Å².